The van der Waals surface area contributed by atoms with Crippen LogP contribution >= 0.6 is 12.2 Å². The minimum absolute atomic E-state index is 0.0848. The molecule has 0 radical (unpaired) electrons. The maximum atomic E-state index is 11.8. The second-order valence-corrected chi connectivity index (χ2v) is 6.45. The zero-order valence-electron chi connectivity index (χ0n) is 15.2. The fraction of sp³-hybridized carbons (Fsp3) is 0.250. The molecule has 1 amide bonds. The number of hydrogen-bond donors (Lipinski definition) is 2. The molecule has 0 saturated carbocycles. The summed E-state index contributed by atoms with van der Waals surface area (Å²) in [6, 6.07) is 13.0. The molecule has 3 aromatic rings. The molecule has 2 N–H and O–H groups in total. The van der Waals surface area contributed by atoms with Gasteiger partial charge in [-0.3, -0.25) is 4.79 Å². The van der Waals surface area contributed by atoms with Crippen LogP contribution in [0.3, 0.4) is 0 Å². The number of nitrogens with one attached hydrogen (secondary N) is 2. The number of unbranched alkanes of at least 4 members (excludes halogenated alkanes) is 1. The van der Waals surface area contributed by atoms with Crippen molar-refractivity contribution in [2.75, 3.05) is 12.4 Å². The van der Waals surface area contributed by atoms with E-state index >= 15 is 0 Å². The van der Waals surface area contributed by atoms with E-state index in [0.717, 1.165) is 35.4 Å². The molecule has 0 aliphatic carbocycles. The minimum Gasteiger partial charge on any atom is -0.497 e. The third-order valence-electron chi connectivity index (χ3n) is 3.97. The number of amides is 1. The van der Waals surface area contributed by atoms with Crippen LogP contribution in [0.1, 0.15) is 26.2 Å². The first-order chi connectivity index (χ1) is 13.1. The number of aromatic nitrogens is 1. The lowest BCUT2D eigenvalue weighted by molar-refractivity contribution is -0.119. The molecule has 1 aromatic heterocycles. The number of thiocarbonyl (C=S) groups is 1. The van der Waals surface area contributed by atoms with E-state index in [0.29, 0.717) is 17.9 Å². The molecule has 0 atom stereocenters. The highest BCUT2D eigenvalue weighted by Crippen LogP contribution is 2.28. The third kappa shape index (κ3) is 4.83. The number of ether oxygens (including phenoxy) is 1. The Morgan fingerprint density at radius 1 is 1.26 bits per heavy atom. The van der Waals surface area contributed by atoms with E-state index in [2.05, 4.69) is 15.6 Å². The number of fused-ring (bicyclic) bond motifs is 1. The first-order valence-corrected chi connectivity index (χ1v) is 9.15. The van der Waals surface area contributed by atoms with Crippen molar-refractivity contribution in [1.29, 1.82) is 0 Å². The van der Waals surface area contributed by atoms with Crippen LogP contribution < -0.4 is 15.4 Å². The summed E-state index contributed by atoms with van der Waals surface area (Å²) in [5, 5.41) is 5.98. The number of carbonyl (C=O) groups excluding carboxylic acids is 1. The Morgan fingerprint density at radius 3 is 2.89 bits per heavy atom. The van der Waals surface area contributed by atoms with Gasteiger partial charge in [0.05, 0.1) is 7.11 Å². The summed E-state index contributed by atoms with van der Waals surface area (Å²) in [5.74, 6) is 1.14. The summed E-state index contributed by atoms with van der Waals surface area (Å²) in [7, 11) is 1.61. The van der Waals surface area contributed by atoms with Crippen molar-refractivity contribution in [1.82, 2.24) is 10.3 Å². The monoisotopic (exact) mass is 383 g/mol. The van der Waals surface area contributed by atoms with E-state index in [4.69, 9.17) is 21.4 Å². The minimum atomic E-state index is -0.0848. The van der Waals surface area contributed by atoms with E-state index in [9.17, 15) is 4.79 Å². The van der Waals surface area contributed by atoms with Gasteiger partial charge < -0.3 is 19.8 Å². The molecule has 3 rings (SSSR count). The summed E-state index contributed by atoms with van der Waals surface area (Å²) >= 11 is 5.21. The second-order valence-electron chi connectivity index (χ2n) is 6.04. The van der Waals surface area contributed by atoms with Gasteiger partial charge in [-0.1, -0.05) is 19.4 Å². The lowest BCUT2D eigenvalue weighted by Gasteiger charge is -2.10. The number of anilines is 1. The Morgan fingerprint density at radius 2 is 2.11 bits per heavy atom. The van der Waals surface area contributed by atoms with Crippen molar-refractivity contribution < 1.29 is 13.9 Å². The number of carbonyl (C=O) groups is 1. The van der Waals surface area contributed by atoms with Gasteiger partial charge in [0.2, 0.25) is 11.8 Å². The SMILES string of the molecule is CCCCC(=O)NC(=S)Nc1cccc(-c2nc3cc(OC)ccc3o2)c1. The van der Waals surface area contributed by atoms with Gasteiger partial charge in [0.25, 0.3) is 0 Å². The van der Waals surface area contributed by atoms with Crippen molar-refractivity contribution in [3.8, 4) is 17.2 Å². The Bertz CT molecular complexity index is 968. The predicted molar refractivity (Wildman–Crippen MR) is 110 cm³/mol. The Labute approximate surface area is 162 Å². The van der Waals surface area contributed by atoms with Crippen LogP contribution in [0.25, 0.3) is 22.6 Å². The van der Waals surface area contributed by atoms with Crippen LogP contribution in [0.4, 0.5) is 5.69 Å². The molecule has 27 heavy (non-hydrogen) atoms. The zero-order valence-corrected chi connectivity index (χ0v) is 16.1. The highest BCUT2D eigenvalue weighted by Gasteiger charge is 2.10. The van der Waals surface area contributed by atoms with Gasteiger partial charge in [0, 0.05) is 23.7 Å². The van der Waals surface area contributed by atoms with Crippen LogP contribution in [0.2, 0.25) is 0 Å². The molecule has 0 aliphatic rings. The molecule has 0 bridgehead atoms. The molecule has 6 nitrogen and oxygen atoms in total. The van der Waals surface area contributed by atoms with Gasteiger partial charge in [-0.15, -0.1) is 0 Å². The normalized spacial score (nSPS) is 10.6. The van der Waals surface area contributed by atoms with Crippen LogP contribution in [-0.4, -0.2) is 23.1 Å². The largest absolute Gasteiger partial charge is 0.497 e. The first-order valence-electron chi connectivity index (χ1n) is 8.75. The van der Waals surface area contributed by atoms with Gasteiger partial charge in [-0.05, 0) is 49.0 Å². The molecule has 7 heteroatoms. The fourth-order valence-electron chi connectivity index (χ4n) is 2.58. The van der Waals surface area contributed by atoms with Crippen molar-refractivity contribution in [2.45, 2.75) is 26.2 Å². The predicted octanol–water partition coefficient (Wildman–Crippen LogP) is 4.51. The van der Waals surface area contributed by atoms with Crippen LogP contribution in [0, 0.1) is 0 Å². The Hall–Kier alpha value is -2.93. The van der Waals surface area contributed by atoms with E-state index in [1.165, 1.54) is 0 Å². The summed E-state index contributed by atoms with van der Waals surface area (Å²) in [6.07, 6.45) is 2.27. The van der Waals surface area contributed by atoms with Gasteiger partial charge in [-0.2, -0.15) is 0 Å². The third-order valence-corrected chi connectivity index (χ3v) is 4.18. The maximum absolute atomic E-state index is 11.8. The molecular formula is C20H21N3O3S. The number of hydrogen-bond acceptors (Lipinski definition) is 5. The number of methoxy groups -OCH3 is 1. The molecular weight excluding hydrogens is 362 g/mol. The highest BCUT2D eigenvalue weighted by atomic mass is 32.1. The van der Waals surface area contributed by atoms with Gasteiger partial charge in [-0.25, -0.2) is 4.98 Å². The first kappa shape index (κ1) is 18.8. The highest BCUT2D eigenvalue weighted by molar-refractivity contribution is 7.80. The van der Waals surface area contributed by atoms with Gasteiger partial charge in [0.15, 0.2) is 10.7 Å². The molecule has 0 fully saturated rings. The Balaban J connectivity index is 1.73. The molecule has 140 valence electrons. The smallest absolute Gasteiger partial charge is 0.227 e. The number of oxazole rings is 1. The molecule has 1 heterocycles. The zero-order chi connectivity index (χ0) is 19.2. The van der Waals surface area contributed by atoms with E-state index in [-0.39, 0.29) is 11.0 Å². The maximum Gasteiger partial charge on any atom is 0.227 e. The molecule has 0 aliphatic heterocycles. The molecule has 0 unspecified atom stereocenters. The average molecular weight is 383 g/mol. The van der Waals surface area contributed by atoms with Gasteiger partial charge in [0.1, 0.15) is 11.3 Å². The van der Waals surface area contributed by atoms with Crippen molar-refractivity contribution in [2.24, 2.45) is 0 Å². The van der Waals surface area contributed by atoms with E-state index < -0.39 is 0 Å². The lowest BCUT2D eigenvalue weighted by atomic mass is 10.2. The lowest BCUT2D eigenvalue weighted by Crippen LogP contribution is -2.33. The van der Waals surface area contributed by atoms with Crippen molar-refractivity contribution >= 4 is 40.0 Å². The van der Waals surface area contributed by atoms with Crippen LogP contribution in [-0.2, 0) is 4.79 Å². The molecule has 0 spiro atoms. The van der Waals surface area contributed by atoms with Crippen LogP contribution in [0.15, 0.2) is 46.9 Å². The number of nitrogens with zero attached hydrogens (tertiary/aromatic N) is 1. The molecule has 2 aromatic carbocycles. The summed E-state index contributed by atoms with van der Waals surface area (Å²) in [5.41, 5.74) is 2.95. The quantitative estimate of drug-likeness (QED) is 0.610. The van der Waals surface area contributed by atoms with Crippen molar-refractivity contribution in [3.63, 3.8) is 0 Å². The number of rotatable bonds is 6. The van der Waals surface area contributed by atoms with Gasteiger partial charge >= 0.3 is 0 Å². The average Bonchev–Trinajstić information content (AvgIpc) is 3.09. The van der Waals surface area contributed by atoms with E-state index in [1.807, 2.05) is 49.4 Å². The molecule has 0 saturated heterocycles. The topological polar surface area (TPSA) is 76.4 Å². The summed E-state index contributed by atoms with van der Waals surface area (Å²) < 4.78 is 11.0. The summed E-state index contributed by atoms with van der Waals surface area (Å²) in [4.78, 5) is 16.3. The van der Waals surface area contributed by atoms with Crippen LogP contribution in [0.5, 0.6) is 5.75 Å². The fourth-order valence-corrected chi connectivity index (χ4v) is 2.81. The summed E-state index contributed by atoms with van der Waals surface area (Å²) in [6.45, 7) is 2.04. The Kier molecular flexibility index (Phi) is 6.03. The van der Waals surface area contributed by atoms with Crippen molar-refractivity contribution in [3.05, 3.63) is 42.5 Å². The standard InChI is InChI=1S/C20H21N3O3S/c1-3-4-8-18(24)23-20(27)21-14-7-5-6-13(11-14)19-22-16-12-15(25-2)9-10-17(16)26-19/h5-7,9-12H,3-4,8H2,1-2H3,(H2,21,23,24,27). The second kappa shape index (κ2) is 8.64. The number of benzene rings is 2. The van der Waals surface area contributed by atoms with E-state index in [1.54, 1.807) is 7.11 Å².